The number of aromatic nitrogens is 2. The zero-order valence-corrected chi connectivity index (χ0v) is 16.5. The lowest BCUT2D eigenvalue weighted by atomic mass is 10.1. The van der Waals surface area contributed by atoms with Crippen LogP contribution in [0.3, 0.4) is 0 Å². The predicted octanol–water partition coefficient (Wildman–Crippen LogP) is 4.65. The summed E-state index contributed by atoms with van der Waals surface area (Å²) in [6.07, 6.45) is 5.38. The minimum absolute atomic E-state index is 0.174. The van der Waals surface area contributed by atoms with E-state index in [2.05, 4.69) is 10.3 Å². The summed E-state index contributed by atoms with van der Waals surface area (Å²) < 4.78 is 13.4. The number of hydrogen-bond donors (Lipinski definition) is 1. The summed E-state index contributed by atoms with van der Waals surface area (Å²) in [5, 5.41) is 3.94. The molecule has 0 saturated heterocycles. The van der Waals surface area contributed by atoms with Gasteiger partial charge in [0.25, 0.3) is 5.91 Å². The molecule has 0 radical (unpaired) electrons. The molecular formula is C23H23N3O3. The van der Waals surface area contributed by atoms with Crippen molar-refractivity contribution < 1.29 is 13.9 Å². The molecule has 1 amide bonds. The van der Waals surface area contributed by atoms with Crippen LogP contribution in [0.5, 0.6) is 0 Å². The number of rotatable bonds is 7. The van der Waals surface area contributed by atoms with Crippen LogP contribution < -0.4 is 5.32 Å². The quantitative estimate of drug-likeness (QED) is 0.500. The van der Waals surface area contributed by atoms with Crippen molar-refractivity contribution in [2.24, 2.45) is 0 Å². The van der Waals surface area contributed by atoms with Gasteiger partial charge < -0.3 is 19.0 Å². The largest absolute Gasteiger partial charge is 0.451 e. The van der Waals surface area contributed by atoms with Gasteiger partial charge >= 0.3 is 0 Å². The van der Waals surface area contributed by atoms with Crippen LogP contribution in [-0.4, -0.2) is 22.1 Å². The summed E-state index contributed by atoms with van der Waals surface area (Å²) >= 11 is 0. The van der Waals surface area contributed by atoms with Gasteiger partial charge in [-0.25, -0.2) is 4.98 Å². The Labute approximate surface area is 169 Å². The first-order valence-electron chi connectivity index (χ1n) is 9.64. The summed E-state index contributed by atoms with van der Waals surface area (Å²) in [6, 6.07) is 15.5. The van der Waals surface area contributed by atoms with Crippen LogP contribution in [0.25, 0.3) is 16.7 Å². The molecule has 29 heavy (non-hydrogen) atoms. The van der Waals surface area contributed by atoms with E-state index in [1.54, 1.807) is 12.5 Å². The maximum absolute atomic E-state index is 13.0. The molecule has 0 aliphatic rings. The van der Waals surface area contributed by atoms with Gasteiger partial charge in [0.15, 0.2) is 5.76 Å². The third-order valence-electron chi connectivity index (χ3n) is 4.90. The Hall–Kier alpha value is -3.38. The number of carbonyl (C=O) groups is 1. The van der Waals surface area contributed by atoms with Gasteiger partial charge in [-0.3, -0.25) is 4.79 Å². The van der Waals surface area contributed by atoms with Gasteiger partial charge in [-0.05, 0) is 37.6 Å². The van der Waals surface area contributed by atoms with Crippen LogP contribution >= 0.6 is 0 Å². The van der Waals surface area contributed by atoms with E-state index in [9.17, 15) is 4.79 Å². The van der Waals surface area contributed by atoms with Crippen molar-refractivity contribution in [1.82, 2.24) is 14.9 Å². The maximum atomic E-state index is 13.0. The van der Waals surface area contributed by atoms with Crippen molar-refractivity contribution >= 4 is 16.9 Å². The van der Waals surface area contributed by atoms with E-state index < -0.39 is 0 Å². The molecule has 0 saturated carbocycles. The molecule has 0 bridgehead atoms. The number of fused-ring (bicyclic) bond motifs is 1. The molecular weight excluding hydrogens is 366 g/mol. The molecule has 2 aromatic heterocycles. The number of nitrogens with zero attached hydrogens (tertiary/aromatic N) is 2. The topological polar surface area (TPSA) is 69.3 Å². The molecule has 2 aromatic carbocycles. The van der Waals surface area contributed by atoms with Crippen molar-refractivity contribution in [1.29, 1.82) is 0 Å². The number of furan rings is 1. The Kier molecular flexibility index (Phi) is 5.44. The molecule has 2 heterocycles. The highest BCUT2D eigenvalue weighted by Crippen LogP contribution is 2.27. The van der Waals surface area contributed by atoms with E-state index in [4.69, 9.17) is 9.15 Å². The van der Waals surface area contributed by atoms with Gasteiger partial charge in [0, 0.05) is 35.6 Å². The van der Waals surface area contributed by atoms with Crippen LogP contribution in [0, 0.1) is 0 Å². The molecule has 6 heteroatoms. The lowest BCUT2D eigenvalue weighted by molar-refractivity contribution is 0.0901. The van der Waals surface area contributed by atoms with Crippen molar-refractivity contribution in [2.45, 2.75) is 26.5 Å². The highest BCUT2D eigenvalue weighted by molar-refractivity contribution is 5.99. The molecule has 0 fully saturated rings. The van der Waals surface area contributed by atoms with Crippen molar-refractivity contribution in [3.63, 3.8) is 0 Å². The second-order valence-corrected chi connectivity index (χ2v) is 6.80. The third-order valence-corrected chi connectivity index (χ3v) is 4.90. The summed E-state index contributed by atoms with van der Waals surface area (Å²) in [5.41, 5.74) is 3.48. The van der Waals surface area contributed by atoms with Gasteiger partial charge in [0.05, 0.1) is 19.0 Å². The molecule has 6 nitrogen and oxygen atoms in total. The van der Waals surface area contributed by atoms with Crippen molar-refractivity contribution in [3.05, 3.63) is 84.1 Å². The lowest BCUT2D eigenvalue weighted by Gasteiger charge is -2.15. The standard InChI is InChI=1S/C23H23N3O3/c1-3-28-14-20-19-6-4-5-7-21(19)29-22(20)23(27)25-16(2)17-8-10-18(11-9-17)26-13-12-24-15-26/h4-13,15-16H,3,14H2,1-2H3,(H,25,27)/t16-/m1/s1. The molecule has 1 N–H and O–H groups in total. The number of ether oxygens (including phenoxy) is 1. The molecule has 148 valence electrons. The number of benzene rings is 2. The van der Waals surface area contributed by atoms with Gasteiger partial charge in [0.1, 0.15) is 5.58 Å². The summed E-state index contributed by atoms with van der Waals surface area (Å²) in [6.45, 7) is 4.79. The zero-order chi connectivity index (χ0) is 20.2. The van der Waals surface area contributed by atoms with E-state index in [-0.39, 0.29) is 11.9 Å². The van der Waals surface area contributed by atoms with E-state index in [0.717, 1.165) is 22.2 Å². The van der Waals surface area contributed by atoms with E-state index in [1.807, 2.05) is 73.1 Å². The molecule has 4 rings (SSSR count). The maximum Gasteiger partial charge on any atom is 0.287 e. The Morgan fingerprint density at radius 3 is 2.72 bits per heavy atom. The number of nitrogens with one attached hydrogen (secondary N) is 1. The van der Waals surface area contributed by atoms with E-state index >= 15 is 0 Å². The number of hydrogen-bond acceptors (Lipinski definition) is 4. The summed E-state index contributed by atoms with van der Waals surface area (Å²) in [5.74, 6) is 0.0589. The zero-order valence-electron chi connectivity index (χ0n) is 16.5. The number of para-hydroxylation sites is 1. The summed E-state index contributed by atoms with van der Waals surface area (Å²) in [7, 11) is 0. The second-order valence-electron chi connectivity index (χ2n) is 6.80. The van der Waals surface area contributed by atoms with Crippen LogP contribution in [0.2, 0.25) is 0 Å². The fraction of sp³-hybridized carbons (Fsp3) is 0.217. The van der Waals surface area contributed by atoms with Gasteiger partial charge in [0.2, 0.25) is 0 Å². The summed E-state index contributed by atoms with van der Waals surface area (Å²) in [4.78, 5) is 17.0. The minimum atomic E-state index is -0.248. The van der Waals surface area contributed by atoms with Gasteiger partial charge in [-0.1, -0.05) is 30.3 Å². The molecule has 4 aromatic rings. The van der Waals surface area contributed by atoms with E-state index in [1.165, 1.54) is 0 Å². The average molecular weight is 389 g/mol. The molecule has 0 aliphatic heterocycles. The lowest BCUT2D eigenvalue weighted by Crippen LogP contribution is -2.27. The fourth-order valence-electron chi connectivity index (χ4n) is 3.32. The molecule has 1 atom stereocenters. The number of amides is 1. The Morgan fingerprint density at radius 1 is 1.21 bits per heavy atom. The van der Waals surface area contributed by atoms with Crippen LogP contribution in [0.4, 0.5) is 0 Å². The Bertz CT molecular complexity index is 1100. The Morgan fingerprint density at radius 2 is 2.00 bits per heavy atom. The molecule has 0 spiro atoms. The SMILES string of the molecule is CCOCc1c(C(=O)N[C@H](C)c2ccc(-n3ccnc3)cc2)oc2ccccc12. The number of carbonyl (C=O) groups excluding carboxylic acids is 1. The first-order chi connectivity index (χ1) is 14.2. The van der Waals surface area contributed by atoms with Crippen LogP contribution in [0.1, 0.15) is 41.6 Å². The van der Waals surface area contributed by atoms with Crippen molar-refractivity contribution in [3.8, 4) is 5.69 Å². The van der Waals surface area contributed by atoms with Gasteiger partial charge in [-0.2, -0.15) is 0 Å². The van der Waals surface area contributed by atoms with Crippen LogP contribution in [-0.2, 0) is 11.3 Å². The fourth-order valence-corrected chi connectivity index (χ4v) is 3.32. The monoisotopic (exact) mass is 389 g/mol. The normalized spacial score (nSPS) is 12.2. The Balaban J connectivity index is 1.54. The minimum Gasteiger partial charge on any atom is -0.451 e. The highest BCUT2D eigenvalue weighted by atomic mass is 16.5. The first kappa shape index (κ1) is 19.0. The number of imidazole rings is 1. The van der Waals surface area contributed by atoms with Crippen LogP contribution in [0.15, 0.2) is 71.7 Å². The van der Waals surface area contributed by atoms with Crippen molar-refractivity contribution in [2.75, 3.05) is 6.61 Å². The predicted molar refractivity (Wildman–Crippen MR) is 111 cm³/mol. The second kappa shape index (κ2) is 8.32. The average Bonchev–Trinajstić information content (AvgIpc) is 3.40. The van der Waals surface area contributed by atoms with E-state index in [0.29, 0.717) is 24.6 Å². The molecule has 0 aliphatic carbocycles. The van der Waals surface area contributed by atoms with Gasteiger partial charge in [-0.15, -0.1) is 0 Å². The highest BCUT2D eigenvalue weighted by Gasteiger charge is 2.22. The third kappa shape index (κ3) is 3.93. The smallest absolute Gasteiger partial charge is 0.287 e. The first-order valence-corrected chi connectivity index (χ1v) is 9.64. The molecule has 0 unspecified atom stereocenters.